The Labute approximate surface area is 328 Å². The first-order valence-electron chi connectivity index (χ1n) is 19.6. The molecule has 0 aliphatic rings. The minimum absolute atomic E-state index is 0.123. The van der Waals surface area contributed by atoms with E-state index in [-0.39, 0.29) is 6.04 Å². The third-order valence-corrected chi connectivity index (χ3v) is 11.6. The lowest BCUT2D eigenvalue weighted by atomic mass is 9.82. The Hall–Kier alpha value is -6.96. The second-order valence-corrected chi connectivity index (χ2v) is 14.9. The van der Waals surface area contributed by atoms with Gasteiger partial charge in [0.1, 0.15) is 0 Å². The van der Waals surface area contributed by atoms with Gasteiger partial charge in [0.25, 0.3) is 0 Å². The number of hydrogen-bond donors (Lipinski definition) is 0. The van der Waals surface area contributed by atoms with Crippen molar-refractivity contribution < 1.29 is 0 Å². The summed E-state index contributed by atoms with van der Waals surface area (Å²) < 4.78 is 0. The van der Waals surface area contributed by atoms with Crippen molar-refractivity contribution in [1.29, 1.82) is 0 Å². The summed E-state index contributed by atoms with van der Waals surface area (Å²) in [6, 6.07) is 75.9. The van der Waals surface area contributed by atoms with Crippen molar-refractivity contribution in [2.75, 3.05) is 4.90 Å². The van der Waals surface area contributed by atoms with E-state index >= 15 is 0 Å². The number of benzene rings is 10. The molecule has 0 aliphatic carbocycles. The van der Waals surface area contributed by atoms with Crippen molar-refractivity contribution in [3.8, 4) is 33.4 Å². The maximum atomic E-state index is 2.45. The van der Waals surface area contributed by atoms with Crippen LogP contribution in [0.2, 0.25) is 0 Å². The molecule has 0 bridgehead atoms. The van der Waals surface area contributed by atoms with Crippen LogP contribution in [0.1, 0.15) is 24.1 Å². The highest BCUT2D eigenvalue weighted by molar-refractivity contribution is 6.27. The first kappa shape index (κ1) is 33.6. The zero-order valence-corrected chi connectivity index (χ0v) is 31.7. The summed E-state index contributed by atoms with van der Waals surface area (Å²) in [5.41, 5.74) is 12.4. The maximum absolute atomic E-state index is 2.45. The molecule has 1 nitrogen and oxygen atoms in total. The Balaban J connectivity index is 1.18. The molecule has 0 aliphatic heterocycles. The predicted molar refractivity (Wildman–Crippen MR) is 241 cm³/mol. The molecule has 0 fully saturated rings. The fourth-order valence-corrected chi connectivity index (χ4v) is 8.92. The van der Waals surface area contributed by atoms with Crippen molar-refractivity contribution in [3.63, 3.8) is 0 Å². The molecule has 56 heavy (non-hydrogen) atoms. The topological polar surface area (TPSA) is 3.24 Å². The molecule has 0 spiro atoms. The van der Waals surface area contributed by atoms with Gasteiger partial charge in [0.05, 0.1) is 6.04 Å². The predicted octanol–water partition coefficient (Wildman–Crippen LogP) is 15.5. The molecule has 10 rings (SSSR count). The molecule has 1 heteroatoms. The van der Waals surface area contributed by atoms with Crippen molar-refractivity contribution in [2.24, 2.45) is 0 Å². The summed E-state index contributed by atoms with van der Waals surface area (Å²) in [5.74, 6) is 0. The molecule has 10 aromatic rings. The van der Waals surface area contributed by atoms with Crippen LogP contribution in [0.15, 0.2) is 206 Å². The molecule has 0 radical (unpaired) electrons. The van der Waals surface area contributed by atoms with E-state index in [1.165, 1.54) is 99.0 Å². The fraction of sp³-hybridized carbons (Fsp3) is 0.0545. The van der Waals surface area contributed by atoms with Gasteiger partial charge in [-0.2, -0.15) is 0 Å². The maximum Gasteiger partial charge on any atom is 0.0563 e. The van der Waals surface area contributed by atoms with Crippen LogP contribution in [0.5, 0.6) is 0 Å². The van der Waals surface area contributed by atoms with Gasteiger partial charge in [-0.15, -0.1) is 0 Å². The number of nitrogens with zero attached hydrogens (tertiary/aromatic N) is 1. The summed E-state index contributed by atoms with van der Waals surface area (Å²) in [6.07, 6.45) is 0. The van der Waals surface area contributed by atoms with Crippen LogP contribution in [-0.2, 0) is 0 Å². The number of hydrogen-bond acceptors (Lipinski definition) is 1. The van der Waals surface area contributed by atoms with E-state index in [1.54, 1.807) is 0 Å². The summed E-state index contributed by atoms with van der Waals surface area (Å²) in [4.78, 5) is 2.45. The first-order chi connectivity index (χ1) is 27.6. The SMILES string of the molecule is Cc1ccccc1N(c1ccccc1)C(C)c1ccc(-c2ccc3c(-c4c5ccccc5cc5ccccc45)c4ccccc4c(-c4ccccc4)c3c2)cc1. The van der Waals surface area contributed by atoms with E-state index in [0.717, 1.165) is 0 Å². The first-order valence-corrected chi connectivity index (χ1v) is 19.6. The highest BCUT2D eigenvalue weighted by Gasteiger charge is 2.22. The van der Waals surface area contributed by atoms with Gasteiger partial charge in [-0.3, -0.25) is 0 Å². The second kappa shape index (κ2) is 14.0. The molecule has 1 atom stereocenters. The van der Waals surface area contributed by atoms with E-state index in [4.69, 9.17) is 0 Å². The molecule has 0 aromatic heterocycles. The van der Waals surface area contributed by atoms with Gasteiger partial charge in [0.2, 0.25) is 0 Å². The lowest BCUT2D eigenvalue weighted by Gasteiger charge is -2.33. The van der Waals surface area contributed by atoms with Crippen LogP contribution >= 0.6 is 0 Å². The summed E-state index contributed by atoms with van der Waals surface area (Å²) in [7, 11) is 0. The standard InChI is InChI=1S/C55H41N/c1-37-17-9-16-28-52(37)56(45-22-7-4-8-23-45)38(2)39-29-31-40(32-30-39)42-33-34-50-51(36-42)53(41-18-5-3-6-19-41)48-26-14-15-27-49(48)55(50)54-46-24-12-10-20-43(46)35-44-21-11-13-25-47(44)54/h3-36,38H,1-2H3. The Morgan fingerprint density at radius 3 is 1.52 bits per heavy atom. The fourth-order valence-electron chi connectivity index (χ4n) is 8.92. The Morgan fingerprint density at radius 1 is 0.357 bits per heavy atom. The average Bonchev–Trinajstić information content (AvgIpc) is 3.26. The number of aryl methyl sites for hydroxylation is 1. The largest absolute Gasteiger partial charge is 0.334 e. The number of fused-ring (bicyclic) bond motifs is 4. The number of rotatable bonds is 7. The van der Waals surface area contributed by atoms with Gasteiger partial charge >= 0.3 is 0 Å². The highest BCUT2D eigenvalue weighted by Crippen LogP contribution is 2.48. The summed E-state index contributed by atoms with van der Waals surface area (Å²) in [6.45, 7) is 4.50. The second-order valence-electron chi connectivity index (χ2n) is 14.9. The Kier molecular flexibility index (Phi) is 8.42. The Morgan fingerprint density at radius 2 is 0.857 bits per heavy atom. The van der Waals surface area contributed by atoms with E-state index < -0.39 is 0 Å². The van der Waals surface area contributed by atoms with Crippen molar-refractivity contribution in [3.05, 3.63) is 217 Å². The van der Waals surface area contributed by atoms with E-state index in [1.807, 2.05) is 0 Å². The van der Waals surface area contributed by atoms with E-state index in [9.17, 15) is 0 Å². The van der Waals surface area contributed by atoms with Gasteiger partial charge in [-0.05, 0) is 132 Å². The van der Waals surface area contributed by atoms with Crippen molar-refractivity contribution in [1.82, 2.24) is 0 Å². The monoisotopic (exact) mass is 715 g/mol. The van der Waals surface area contributed by atoms with Crippen LogP contribution < -0.4 is 4.90 Å². The normalized spacial score (nSPS) is 12.0. The molecular weight excluding hydrogens is 675 g/mol. The lowest BCUT2D eigenvalue weighted by molar-refractivity contribution is 0.771. The van der Waals surface area contributed by atoms with Crippen LogP contribution in [0.25, 0.3) is 76.5 Å². The summed E-state index contributed by atoms with van der Waals surface area (Å²) >= 11 is 0. The molecule has 0 saturated heterocycles. The van der Waals surface area contributed by atoms with Gasteiger partial charge < -0.3 is 4.90 Å². The molecule has 266 valence electrons. The summed E-state index contributed by atoms with van der Waals surface area (Å²) in [5, 5.41) is 10.1. The molecule has 0 amide bonds. The van der Waals surface area contributed by atoms with Crippen molar-refractivity contribution in [2.45, 2.75) is 19.9 Å². The van der Waals surface area contributed by atoms with Crippen LogP contribution in [0.4, 0.5) is 11.4 Å². The third kappa shape index (κ3) is 5.72. The van der Waals surface area contributed by atoms with Crippen LogP contribution in [0, 0.1) is 6.92 Å². The highest BCUT2D eigenvalue weighted by atomic mass is 15.2. The molecule has 0 saturated carbocycles. The van der Waals surface area contributed by atoms with Crippen LogP contribution in [0.3, 0.4) is 0 Å². The van der Waals surface area contributed by atoms with Gasteiger partial charge in [-0.25, -0.2) is 0 Å². The molecule has 10 aromatic carbocycles. The molecule has 0 heterocycles. The minimum atomic E-state index is 0.123. The zero-order chi connectivity index (χ0) is 37.6. The third-order valence-electron chi connectivity index (χ3n) is 11.6. The quantitative estimate of drug-likeness (QED) is 0.149. The lowest BCUT2D eigenvalue weighted by Crippen LogP contribution is -2.22. The van der Waals surface area contributed by atoms with Gasteiger partial charge in [0.15, 0.2) is 0 Å². The molecule has 1 unspecified atom stereocenters. The Bertz CT molecular complexity index is 2980. The zero-order valence-electron chi connectivity index (χ0n) is 31.7. The van der Waals surface area contributed by atoms with Gasteiger partial charge in [0, 0.05) is 11.4 Å². The average molecular weight is 716 g/mol. The minimum Gasteiger partial charge on any atom is -0.334 e. The van der Waals surface area contributed by atoms with Crippen molar-refractivity contribution >= 4 is 54.5 Å². The van der Waals surface area contributed by atoms with E-state index in [2.05, 4.69) is 225 Å². The van der Waals surface area contributed by atoms with Crippen LogP contribution in [-0.4, -0.2) is 0 Å². The molecular formula is C55H41N. The molecule has 0 N–H and O–H groups in total. The van der Waals surface area contributed by atoms with E-state index in [0.29, 0.717) is 0 Å². The number of para-hydroxylation sites is 2. The number of anilines is 2. The van der Waals surface area contributed by atoms with Gasteiger partial charge in [-0.1, -0.05) is 176 Å². The smallest absolute Gasteiger partial charge is 0.0563 e.